The van der Waals surface area contributed by atoms with Crippen molar-refractivity contribution < 1.29 is 14.3 Å². The molecule has 0 aliphatic carbocycles. The number of benzene rings is 2. The van der Waals surface area contributed by atoms with Gasteiger partial charge in [0.1, 0.15) is 5.69 Å². The van der Waals surface area contributed by atoms with Gasteiger partial charge in [0.25, 0.3) is 5.91 Å². The molecule has 0 saturated heterocycles. The summed E-state index contributed by atoms with van der Waals surface area (Å²) in [6.07, 6.45) is 1.52. The van der Waals surface area contributed by atoms with Crippen LogP contribution in [0.1, 0.15) is 26.4 Å². The van der Waals surface area contributed by atoms with Crippen LogP contribution in [0.3, 0.4) is 0 Å². The number of hydrogen-bond donors (Lipinski definition) is 2. The highest BCUT2D eigenvalue weighted by molar-refractivity contribution is 6.33. The first-order valence-electron chi connectivity index (χ1n) is 8.45. The van der Waals surface area contributed by atoms with Crippen molar-refractivity contribution in [3.63, 3.8) is 0 Å². The Kier molecular flexibility index (Phi) is 5.91. The van der Waals surface area contributed by atoms with Crippen molar-refractivity contribution in [1.82, 2.24) is 4.98 Å². The van der Waals surface area contributed by atoms with E-state index in [-0.39, 0.29) is 11.6 Å². The number of carbonyl (C=O) groups is 2. The zero-order chi connectivity index (χ0) is 20.1. The second kappa shape index (κ2) is 8.54. The average Bonchev–Trinajstić information content (AvgIpc) is 2.71. The van der Waals surface area contributed by atoms with Crippen LogP contribution in [0.2, 0.25) is 5.02 Å². The Labute approximate surface area is 167 Å². The molecule has 1 heterocycles. The summed E-state index contributed by atoms with van der Waals surface area (Å²) in [7, 11) is 1.31. The van der Waals surface area contributed by atoms with Gasteiger partial charge in [-0.3, -0.25) is 4.79 Å². The summed E-state index contributed by atoms with van der Waals surface area (Å²) in [6, 6.07) is 15.6. The average molecular weight is 396 g/mol. The number of amides is 1. The molecule has 3 rings (SSSR count). The summed E-state index contributed by atoms with van der Waals surface area (Å²) >= 11 is 6.18. The standard InChI is InChI=1S/C21H18ClN3O3/c1-13-3-6-15(7-4-13)25-20(26)18-10-8-16(12-23-18)24-19-11-14(21(27)28-2)5-9-17(19)22/h3-12,24H,1-2H3,(H,25,26). The largest absolute Gasteiger partial charge is 0.465 e. The van der Waals surface area contributed by atoms with Gasteiger partial charge in [-0.1, -0.05) is 29.3 Å². The van der Waals surface area contributed by atoms with Crippen molar-refractivity contribution in [1.29, 1.82) is 0 Å². The van der Waals surface area contributed by atoms with E-state index in [1.54, 1.807) is 30.3 Å². The van der Waals surface area contributed by atoms with Gasteiger partial charge in [-0.05, 0) is 49.4 Å². The maximum absolute atomic E-state index is 12.3. The van der Waals surface area contributed by atoms with Crippen LogP contribution >= 0.6 is 11.6 Å². The van der Waals surface area contributed by atoms with Crippen molar-refractivity contribution in [3.05, 3.63) is 82.6 Å². The number of carbonyl (C=O) groups excluding carboxylic acids is 2. The Morgan fingerprint density at radius 1 is 1.00 bits per heavy atom. The molecule has 0 fully saturated rings. The molecule has 3 aromatic rings. The Balaban J connectivity index is 1.71. The lowest BCUT2D eigenvalue weighted by atomic mass is 10.2. The fourth-order valence-electron chi connectivity index (χ4n) is 2.46. The maximum Gasteiger partial charge on any atom is 0.337 e. The van der Waals surface area contributed by atoms with Crippen LogP contribution in [-0.2, 0) is 4.74 Å². The van der Waals surface area contributed by atoms with Crippen molar-refractivity contribution in [2.24, 2.45) is 0 Å². The van der Waals surface area contributed by atoms with Crippen LogP contribution in [0, 0.1) is 6.92 Å². The summed E-state index contributed by atoms with van der Waals surface area (Å²) in [6.45, 7) is 1.98. The van der Waals surface area contributed by atoms with Gasteiger partial charge in [0.05, 0.1) is 35.3 Å². The van der Waals surface area contributed by atoms with E-state index in [1.165, 1.54) is 13.3 Å². The summed E-state index contributed by atoms with van der Waals surface area (Å²) in [4.78, 5) is 28.2. The van der Waals surface area contributed by atoms with Gasteiger partial charge < -0.3 is 15.4 Å². The van der Waals surface area contributed by atoms with E-state index in [1.807, 2.05) is 31.2 Å². The van der Waals surface area contributed by atoms with E-state index in [9.17, 15) is 9.59 Å². The number of pyridine rings is 1. The molecule has 0 saturated carbocycles. The smallest absolute Gasteiger partial charge is 0.337 e. The lowest BCUT2D eigenvalue weighted by molar-refractivity contribution is 0.0600. The molecule has 28 heavy (non-hydrogen) atoms. The number of anilines is 3. The lowest BCUT2D eigenvalue weighted by Crippen LogP contribution is -2.13. The lowest BCUT2D eigenvalue weighted by Gasteiger charge is -2.10. The molecule has 1 aromatic heterocycles. The van der Waals surface area contributed by atoms with Crippen molar-refractivity contribution in [3.8, 4) is 0 Å². The zero-order valence-electron chi connectivity index (χ0n) is 15.3. The van der Waals surface area contributed by atoms with Crippen LogP contribution < -0.4 is 10.6 Å². The summed E-state index contributed by atoms with van der Waals surface area (Å²) in [5, 5.41) is 6.31. The monoisotopic (exact) mass is 395 g/mol. The quantitative estimate of drug-likeness (QED) is 0.605. The maximum atomic E-state index is 12.3. The number of rotatable bonds is 5. The predicted molar refractivity (Wildman–Crippen MR) is 109 cm³/mol. The van der Waals surface area contributed by atoms with Crippen LogP contribution in [0.4, 0.5) is 17.1 Å². The number of aromatic nitrogens is 1. The van der Waals surface area contributed by atoms with Gasteiger partial charge in [0.2, 0.25) is 0 Å². The minimum absolute atomic E-state index is 0.278. The molecule has 0 radical (unpaired) electrons. The first kappa shape index (κ1) is 19.4. The molecule has 7 heteroatoms. The number of methoxy groups -OCH3 is 1. The number of halogens is 1. The highest BCUT2D eigenvalue weighted by Crippen LogP contribution is 2.26. The van der Waals surface area contributed by atoms with Crippen LogP contribution in [0.5, 0.6) is 0 Å². The molecule has 0 aliphatic rings. The summed E-state index contributed by atoms with van der Waals surface area (Å²) < 4.78 is 4.71. The molecule has 142 valence electrons. The molecular formula is C21H18ClN3O3. The molecule has 2 aromatic carbocycles. The number of ether oxygens (including phenoxy) is 1. The third-order valence-corrected chi connectivity index (χ3v) is 4.30. The number of aryl methyl sites for hydroxylation is 1. The Morgan fingerprint density at radius 3 is 2.36 bits per heavy atom. The molecule has 0 aliphatic heterocycles. The summed E-state index contributed by atoms with van der Waals surface area (Å²) in [5.74, 6) is -0.762. The minimum atomic E-state index is -0.457. The van der Waals surface area contributed by atoms with E-state index in [2.05, 4.69) is 15.6 Å². The molecule has 0 spiro atoms. The topological polar surface area (TPSA) is 80.3 Å². The van der Waals surface area contributed by atoms with Gasteiger partial charge in [-0.15, -0.1) is 0 Å². The van der Waals surface area contributed by atoms with E-state index in [4.69, 9.17) is 16.3 Å². The molecule has 0 atom stereocenters. The van der Waals surface area contributed by atoms with Crippen molar-refractivity contribution in [2.45, 2.75) is 6.92 Å². The SMILES string of the molecule is COC(=O)c1ccc(Cl)c(Nc2ccc(C(=O)Nc3ccc(C)cc3)nc2)c1. The Bertz CT molecular complexity index is 1000. The number of nitrogens with zero attached hydrogens (tertiary/aromatic N) is 1. The molecule has 0 unspecified atom stereocenters. The first-order valence-corrected chi connectivity index (χ1v) is 8.83. The molecule has 6 nitrogen and oxygen atoms in total. The highest BCUT2D eigenvalue weighted by atomic mass is 35.5. The number of hydrogen-bond acceptors (Lipinski definition) is 5. The third-order valence-electron chi connectivity index (χ3n) is 3.97. The third kappa shape index (κ3) is 4.66. The van der Waals surface area contributed by atoms with Gasteiger partial charge in [-0.25, -0.2) is 9.78 Å². The van der Waals surface area contributed by atoms with Gasteiger partial charge >= 0.3 is 5.97 Å². The Hall–Kier alpha value is -3.38. The van der Waals surface area contributed by atoms with Crippen LogP contribution in [0.25, 0.3) is 0 Å². The minimum Gasteiger partial charge on any atom is -0.465 e. The van der Waals surface area contributed by atoms with E-state index in [0.29, 0.717) is 27.6 Å². The fourth-order valence-corrected chi connectivity index (χ4v) is 2.62. The van der Waals surface area contributed by atoms with E-state index >= 15 is 0 Å². The number of nitrogens with one attached hydrogen (secondary N) is 2. The molecular weight excluding hydrogens is 378 g/mol. The molecule has 0 bridgehead atoms. The van der Waals surface area contributed by atoms with E-state index < -0.39 is 5.97 Å². The molecule has 1 amide bonds. The normalized spacial score (nSPS) is 10.2. The highest BCUT2D eigenvalue weighted by Gasteiger charge is 2.11. The zero-order valence-corrected chi connectivity index (χ0v) is 16.1. The summed E-state index contributed by atoms with van der Waals surface area (Å²) in [5.41, 5.74) is 3.61. The van der Waals surface area contributed by atoms with Crippen LogP contribution in [-0.4, -0.2) is 24.0 Å². The van der Waals surface area contributed by atoms with Gasteiger partial charge in [0, 0.05) is 5.69 Å². The van der Waals surface area contributed by atoms with Crippen molar-refractivity contribution >= 4 is 40.5 Å². The fraction of sp³-hybridized carbons (Fsp3) is 0.0952. The van der Waals surface area contributed by atoms with Crippen LogP contribution in [0.15, 0.2) is 60.8 Å². The van der Waals surface area contributed by atoms with Crippen molar-refractivity contribution in [2.75, 3.05) is 17.7 Å². The second-order valence-corrected chi connectivity index (χ2v) is 6.47. The second-order valence-electron chi connectivity index (χ2n) is 6.06. The Morgan fingerprint density at radius 2 is 1.71 bits per heavy atom. The van der Waals surface area contributed by atoms with Gasteiger partial charge in [-0.2, -0.15) is 0 Å². The first-order chi connectivity index (χ1) is 13.5. The molecule has 2 N–H and O–H groups in total. The predicted octanol–water partition coefficient (Wildman–Crippen LogP) is 4.83. The van der Waals surface area contributed by atoms with E-state index in [0.717, 1.165) is 5.56 Å². The number of esters is 1. The van der Waals surface area contributed by atoms with Gasteiger partial charge in [0.15, 0.2) is 0 Å².